The van der Waals surface area contributed by atoms with E-state index in [0.29, 0.717) is 13.0 Å². The molecule has 0 atom stereocenters. The molecule has 1 aromatic carbocycles. The van der Waals surface area contributed by atoms with Crippen molar-refractivity contribution in [1.29, 1.82) is 0 Å². The Labute approximate surface area is 135 Å². The lowest BCUT2D eigenvalue weighted by Crippen LogP contribution is -2.03. The Bertz CT molecular complexity index is 596. The fourth-order valence-electron chi connectivity index (χ4n) is 2.12. The summed E-state index contributed by atoms with van der Waals surface area (Å²) in [6.07, 6.45) is 2.11. The molecule has 0 spiro atoms. The number of H-pyrrole nitrogens is 1. The molecular weight excluding hydrogens is 296 g/mol. The maximum atomic E-state index is 11.3. The predicted octanol–water partition coefficient (Wildman–Crippen LogP) is 3.74. The number of nitrogens with zero attached hydrogens (tertiary/aromatic N) is 1. The molecular formula is C17H22N2O2S. The van der Waals surface area contributed by atoms with Crippen LogP contribution in [0.15, 0.2) is 35.5 Å². The van der Waals surface area contributed by atoms with Crippen LogP contribution in [0, 0.1) is 6.92 Å². The molecule has 0 saturated carbocycles. The predicted molar refractivity (Wildman–Crippen MR) is 89.2 cm³/mol. The number of rotatable bonds is 8. The SMILES string of the molecule is CCOC(=O)CCCSc1nc(Cc2ccccc2)c(C)[nH]1. The molecule has 1 heterocycles. The van der Waals surface area contributed by atoms with Crippen molar-refractivity contribution in [2.45, 2.75) is 38.3 Å². The third kappa shape index (κ3) is 5.22. The quantitative estimate of drug-likeness (QED) is 0.457. The highest BCUT2D eigenvalue weighted by Gasteiger charge is 2.08. The van der Waals surface area contributed by atoms with Crippen molar-refractivity contribution in [3.63, 3.8) is 0 Å². The maximum Gasteiger partial charge on any atom is 0.305 e. The Morgan fingerprint density at radius 3 is 2.82 bits per heavy atom. The van der Waals surface area contributed by atoms with Gasteiger partial charge in [0.2, 0.25) is 0 Å². The molecule has 5 heteroatoms. The number of thioether (sulfide) groups is 1. The fraction of sp³-hybridized carbons (Fsp3) is 0.412. The van der Waals surface area contributed by atoms with Gasteiger partial charge >= 0.3 is 5.97 Å². The first kappa shape index (κ1) is 16.6. The summed E-state index contributed by atoms with van der Waals surface area (Å²) in [5, 5.41) is 0.923. The Morgan fingerprint density at radius 2 is 2.09 bits per heavy atom. The van der Waals surface area contributed by atoms with Gasteiger partial charge in [0.05, 0.1) is 12.3 Å². The van der Waals surface area contributed by atoms with Crippen molar-refractivity contribution < 1.29 is 9.53 Å². The molecule has 4 nitrogen and oxygen atoms in total. The van der Waals surface area contributed by atoms with E-state index >= 15 is 0 Å². The van der Waals surface area contributed by atoms with Crippen LogP contribution in [-0.2, 0) is 16.0 Å². The Balaban J connectivity index is 1.81. The van der Waals surface area contributed by atoms with Gasteiger partial charge in [0.25, 0.3) is 0 Å². The van der Waals surface area contributed by atoms with E-state index in [9.17, 15) is 4.79 Å². The molecule has 0 fully saturated rings. The summed E-state index contributed by atoms with van der Waals surface area (Å²) in [7, 11) is 0. The van der Waals surface area contributed by atoms with Crippen molar-refractivity contribution in [3.8, 4) is 0 Å². The highest BCUT2D eigenvalue weighted by molar-refractivity contribution is 7.99. The largest absolute Gasteiger partial charge is 0.466 e. The lowest BCUT2D eigenvalue weighted by Gasteiger charge is -2.00. The van der Waals surface area contributed by atoms with E-state index < -0.39 is 0 Å². The molecule has 1 N–H and O–H groups in total. The molecule has 0 saturated heterocycles. The second-order valence-corrected chi connectivity index (χ2v) is 6.12. The van der Waals surface area contributed by atoms with Crippen LogP contribution < -0.4 is 0 Å². The summed E-state index contributed by atoms with van der Waals surface area (Å²) < 4.78 is 4.91. The van der Waals surface area contributed by atoms with Crippen molar-refractivity contribution in [1.82, 2.24) is 9.97 Å². The van der Waals surface area contributed by atoms with Gasteiger partial charge in [-0.25, -0.2) is 4.98 Å². The number of esters is 1. The molecule has 2 aromatic rings. The minimum atomic E-state index is -0.122. The van der Waals surface area contributed by atoms with Gasteiger partial charge < -0.3 is 9.72 Å². The Hall–Kier alpha value is -1.75. The number of carbonyl (C=O) groups is 1. The van der Waals surface area contributed by atoms with Gasteiger partial charge in [0, 0.05) is 24.3 Å². The number of ether oxygens (including phenoxy) is 1. The van der Waals surface area contributed by atoms with Gasteiger partial charge in [-0.2, -0.15) is 0 Å². The van der Waals surface area contributed by atoms with Crippen molar-refractivity contribution >= 4 is 17.7 Å². The van der Waals surface area contributed by atoms with Crippen LogP contribution in [0.25, 0.3) is 0 Å². The number of aromatic amines is 1. The minimum Gasteiger partial charge on any atom is -0.466 e. The summed E-state index contributed by atoms with van der Waals surface area (Å²) in [6, 6.07) is 10.3. The number of imidazole rings is 1. The van der Waals surface area contributed by atoms with E-state index in [4.69, 9.17) is 4.74 Å². The number of nitrogens with one attached hydrogen (secondary N) is 1. The van der Waals surface area contributed by atoms with Gasteiger partial charge in [-0.05, 0) is 25.8 Å². The van der Waals surface area contributed by atoms with Crippen molar-refractivity contribution in [2.24, 2.45) is 0 Å². The Kier molecular flexibility index (Phi) is 6.52. The number of hydrogen-bond donors (Lipinski definition) is 1. The number of hydrogen-bond acceptors (Lipinski definition) is 4. The van der Waals surface area contributed by atoms with Crippen molar-refractivity contribution in [3.05, 3.63) is 47.3 Å². The minimum absolute atomic E-state index is 0.122. The summed E-state index contributed by atoms with van der Waals surface area (Å²) in [5.41, 5.74) is 3.45. The first-order valence-electron chi connectivity index (χ1n) is 7.57. The molecule has 118 valence electrons. The third-order valence-corrected chi connectivity index (χ3v) is 4.21. The monoisotopic (exact) mass is 318 g/mol. The smallest absolute Gasteiger partial charge is 0.305 e. The number of carbonyl (C=O) groups excluding carboxylic acids is 1. The van der Waals surface area contributed by atoms with E-state index in [1.54, 1.807) is 11.8 Å². The molecule has 0 aliphatic rings. The van der Waals surface area contributed by atoms with Crippen LogP contribution in [0.2, 0.25) is 0 Å². The van der Waals surface area contributed by atoms with Crippen LogP contribution in [0.3, 0.4) is 0 Å². The van der Waals surface area contributed by atoms with E-state index in [1.165, 1.54) is 5.56 Å². The van der Waals surface area contributed by atoms with Gasteiger partial charge in [-0.1, -0.05) is 42.1 Å². The molecule has 0 aliphatic carbocycles. The molecule has 0 aliphatic heterocycles. The van der Waals surface area contributed by atoms with Crippen LogP contribution in [0.1, 0.15) is 36.7 Å². The highest BCUT2D eigenvalue weighted by atomic mass is 32.2. The molecule has 22 heavy (non-hydrogen) atoms. The lowest BCUT2D eigenvalue weighted by molar-refractivity contribution is -0.143. The van der Waals surface area contributed by atoms with Crippen LogP contribution >= 0.6 is 11.8 Å². The molecule has 0 radical (unpaired) electrons. The zero-order chi connectivity index (χ0) is 15.8. The summed E-state index contributed by atoms with van der Waals surface area (Å²) in [6.45, 7) is 4.33. The molecule has 2 rings (SSSR count). The normalized spacial score (nSPS) is 10.6. The zero-order valence-electron chi connectivity index (χ0n) is 13.1. The van der Waals surface area contributed by atoms with Crippen molar-refractivity contribution in [2.75, 3.05) is 12.4 Å². The van der Waals surface area contributed by atoms with Crippen LogP contribution in [-0.4, -0.2) is 28.3 Å². The summed E-state index contributed by atoms with van der Waals surface area (Å²) in [4.78, 5) is 19.2. The Morgan fingerprint density at radius 1 is 1.32 bits per heavy atom. The average Bonchev–Trinajstić information content (AvgIpc) is 2.85. The third-order valence-electron chi connectivity index (χ3n) is 3.25. The fourth-order valence-corrected chi connectivity index (χ4v) is 3.00. The zero-order valence-corrected chi connectivity index (χ0v) is 13.9. The number of benzene rings is 1. The number of aromatic nitrogens is 2. The maximum absolute atomic E-state index is 11.3. The average molecular weight is 318 g/mol. The summed E-state index contributed by atoms with van der Waals surface area (Å²) in [5.74, 6) is 0.736. The van der Waals surface area contributed by atoms with Crippen LogP contribution in [0.5, 0.6) is 0 Å². The molecule has 1 aromatic heterocycles. The second kappa shape index (κ2) is 8.63. The second-order valence-electron chi connectivity index (χ2n) is 5.03. The van der Waals surface area contributed by atoms with E-state index in [0.717, 1.165) is 35.1 Å². The van der Waals surface area contributed by atoms with E-state index in [1.807, 2.05) is 32.0 Å². The van der Waals surface area contributed by atoms with Crippen LogP contribution in [0.4, 0.5) is 0 Å². The van der Waals surface area contributed by atoms with Gasteiger partial charge in [-0.15, -0.1) is 0 Å². The van der Waals surface area contributed by atoms with Gasteiger partial charge in [-0.3, -0.25) is 4.79 Å². The first-order valence-corrected chi connectivity index (χ1v) is 8.55. The number of aryl methyl sites for hydroxylation is 1. The molecule has 0 unspecified atom stereocenters. The standard InChI is InChI=1S/C17H22N2O2S/c1-3-21-16(20)10-7-11-22-17-18-13(2)15(19-17)12-14-8-5-4-6-9-14/h4-6,8-9H,3,7,10-12H2,1-2H3,(H,18,19). The topological polar surface area (TPSA) is 55.0 Å². The molecule has 0 bridgehead atoms. The van der Waals surface area contributed by atoms with E-state index in [2.05, 4.69) is 22.1 Å². The molecule has 0 amide bonds. The highest BCUT2D eigenvalue weighted by Crippen LogP contribution is 2.20. The first-order chi connectivity index (χ1) is 10.7. The summed E-state index contributed by atoms with van der Waals surface area (Å²) >= 11 is 1.65. The lowest BCUT2D eigenvalue weighted by atomic mass is 10.1. The van der Waals surface area contributed by atoms with E-state index in [-0.39, 0.29) is 5.97 Å². The van der Waals surface area contributed by atoms with Gasteiger partial charge in [0.15, 0.2) is 5.16 Å². The van der Waals surface area contributed by atoms with Gasteiger partial charge in [0.1, 0.15) is 0 Å².